The first-order valence-electron chi connectivity index (χ1n) is 6.08. The molecule has 0 bridgehead atoms. The molecule has 1 aromatic rings. The van der Waals surface area contributed by atoms with Crippen molar-refractivity contribution in [2.75, 3.05) is 6.61 Å². The molecule has 1 aliphatic carbocycles. The van der Waals surface area contributed by atoms with Crippen molar-refractivity contribution in [3.8, 4) is 6.07 Å². The Bertz CT molecular complexity index is 395. The Morgan fingerprint density at radius 3 is 3.24 bits per heavy atom. The van der Waals surface area contributed by atoms with Crippen LogP contribution >= 0.6 is 0 Å². The van der Waals surface area contributed by atoms with Crippen LogP contribution in [0.3, 0.4) is 0 Å². The first-order valence-corrected chi connectivity index (χ1v) is 6.08. The molecule has 2 atom stereocenters. The second kappa shape index (κ2) is 5.80. The summed E-state index contributed by atoms with van der Waals surface area (Å²) in [7, 11) is 0. The van der Waals surface area contributed by atoms with Crippen LogP contribution in [-0.4, -0.2) is 27.5 Å². The third-order valence-electron chi connectivity index (χ3n) is 3.27. The second-order valence-electron chi connectivity index (χ2n) is 4.49. The molecule has 1 aliphatic rings. The van der Waals surface area contributed by atoms with E-state index in [-0.39, 0.29) is 12.5 Å². The molecule has 2 N–H and O–H groups in total. The van der Waals surface area contributed by atoms with Crippen molar-refractivity contribution in [3.63, 3.8) is 0 Å². The molecule has 92 valence electrons. The number of rotatable bonds is 5. The Morgan fingerprint density at radius 2 is 2.47 bits per heavy atom. The number of aliphatic hydroxyl groups is 1. The van der Waals surface area contributed by atoms with E-state index >= 15 is 0 Å². The second-order valence-corrected chi connectivity index (χ2v) is 4.49. The summed E-state index contributed by atoms with van der Waals surface area (Å²) in [5, 5.41) is 25.3. The van der Waals surface area contributed by atoms with E-state index in [4.69, 9.17) is 10.4 Å². The van der Waals surface area contributed by atoms with Crippen LogP contribution < -0.4 is 5.32 Å². The van der Waals surface area contributed by atoms with Crippen LogP contribution in [0.2, 0.25) is 0 Å². The molecule has 5 nitrogen and oxygen atoms in total. The monoisotopic (exact) mass is 234 g/mol. The van der Waals surface area contributed by atoms with Crippen LogP contribution in [0.5, 0.6) is 0 Å². The average molecular weight is 234 g/mol. The van der Waals surface area contributed by atoms with Gasteiger partial charge in [0.1, 0.15) is 0 Å². The van der Waals surface area contributed by atoms with Gasteiger partial charge in [0.25, 0.3) is 0 Å². The van der Waals surface area contributed by atoms with Gasteiger partial charge in [-0.05, 0) is 12.8 Å². The highest BCUT2D eigenvalue weighted by Gasteiger charge is 2.26. The van der Waals surface area contributed by atoms with Gasteiger partial charge in [-0.15, -0.1) is 0 Å². The number of nitrogens with one attached hydrogen (secondary N) is 1. The lowest BCUT2D eigenvalue weighted by molar-refractivity contribution is 0.269. The lowest BCUT2D eigenvalue weighted by Gasteiger charge is -2.14. The smallest absolute Gasteiger partial charge is 0.0672 e. The van der Waals surface area contributed by atoms with E-state index in [0.29, 0.717) is 12.6 Å². The lowest BCUT2D eigenvalue weighted by Crippen LogP contribution is -2.31. The molecule has 0 saturated heterocycles. The summed E-state index contributed by atoms with van der Waals surface area (Å²) >= 11 is 0. The first-order chi connectivity index (χ1) is 8.33. The number of hydrogen-bond acceptors (Lipinski definition) is 4. The Morgan fingerprint density at radius 1 is 1.59 bits per heavy atom. The van der Waals surface area contributed by atoms with Crippen molar-refractivity contribution >= 4 is 0 Å². The van der Waals surface area contributed by atoms with E-state index in [2.05, 4.69) is 16.5 Å². The maximum absolute atomic E-state index is 8.97. The van der Waals surface area contributed by atoms with Crippen LogP contribution in [0.25, 0.3) is 0 Å². The van der Waals surface area contributed by atoms with Gasteiger partial charge in [0.2, 0.25) is 0 Å². The van der Waals surface area contributed by atoms with Gasteiger partial charge in [0, 0.05) is 24.3 Å². The van der Waals surface area contributed by atoms with Crippen molar-refractivity contribution in [1.82, 2.24) is 15.1 Å². The van der Waals surface area contributed by atoms with Gasteiger partial charge >= 0.3 is 0 Å². The van der Waals surface area contributed by atoms with Gasteiger partial charge in [-0.25, -0.2) is 0 Å². The third-order valence-corrected chi connectivity index (χ3v) is 3.27. The number of aromatic nitrogens is 2. The molecule has 17 heavy (non-hydrogen) atoms. The summed E-state index contributed by atoms with van der Waals surface area (Å²) in [6.07, 6.45) is 6.97. The number of hydrogen-bond donors (Lipinski definition) is 2. The normalized spacial score (nSPS) is 23.8. The summed E-state index contributed by atoms with van der Waals surface area (Å²) in [5.41, 5.74) is 1.10. The van der Waals surface area contributed by atoms with Crippen molar-refractivity contribution < 1.29 is 5.11 Å². The molecular weight excluding hydrogens is 216 g/mol. The molecule has 0 amide bonds. The summed E-state index contributed by atoms with van der Waals surface area (Å²) < 4.78 is 1.73. The maximum atomic E-state index is 8.97. The highest BCUT2D eigenvalue weighted by atomic mass is 16.3. The Balaban J connectivity index is 1.83. The topological polar surface area (TPSA) is 73.9 Å². The molecule has 0 radical (unpaired) electrons. The molecule has 5 heteroatoms. The molecule has 1 aromatic heterocycles. The zero-order valence-corrected chi connectivity index (χ0v) is 9.84. The molecule has 1 fully saturated rings. The number of nitrogens with zero attached hydrogens (tertiary/aromatic N) is 3. The zero-order chi connectivity index (χ0) is 12.1. The van der Waals surface area contributed by atoms with E-state index in [9.17, 15) is 0 Å². The number of nitriles is 1. The fourth-order valence-corrected chi connectivity index (χ4v) is 2.33. The largest absolute Gasteiger partial charge is 0.394 e. The minimum atomic E-state index is 0.105. The van der Waals surface area contributed by atoms with E-state index in [0.717, 1.165) is 31.4 Å². The standard InChI is InChI=1S/C12H18N4O/c13-6-11-2-1-3-12(11)14-7-10-8-15-16(9-10)4-5-17/h8-9,11-12,14,17H,1-5,7H2. The molecule has 1 heterocycles. The summed E-state index contributed by atoms with van der Waals surface area (Å²) in [6, 6.07) is 2.68. The van der Waals surface area contributed by atoms with Gasteiger partial charge in [-0.3, -0.25) is 4.68 Å². The summed E-state index contributed by atoms with van der Waals surface area (Å²) in [6.45, 7) is 1.38. The fraction of sp³-hybridized carbons (Fsp3) is 0.667. The van der Waals surface area contributed by atoms with Crippen LogP contribution in [0.1, 0.15) is 24.8 Å². The minimum Gasteiger partial charge on any atom is -0.394 e. The molecule has 0 spiro atoms. The van der Waals surface area contributed by atoms with E-state index < -0.39 is 0 Å². The van der Waals surface area contributed by atoms with Crippen molar-refractivity contribution in [2.45, 2.75) is 38.4 Å². The quantitative estimate of drug-likeness (QED) is 0.784. The van der Waals surface area contributed by atoms with Crippen LogP contribution in [-0.2, 0) is 13.1 Å². The van der Waals surface area contributed by atoms with E-state index in [1.165, 1.54) is 0 Å². The first kappa shape index (κ1) is 12.1. The maximum Gasteiger partial charge on any atom is 0.0672 e. The van der Waals surface area contributed by atoms with Gasteiger partial charge in [0.15, 0.2) is 0 Å². The number of aliphatic hydroxyl groups excluding tert-OH is 1. The van der Waals surface area contributed by atoms with Gasteiger partial charge < -0.3 is 10.4 Å². The predicted octanol–water partition coefficient (Wildman–Crippen LogP) is 0.657. The predicted molar refractivity (Wildman–Crippen MR) is 62.9 cm³/mol. The van der Waals surface area contributed by atoms with Gasteiger partial charge in [-0.2, -0.15) is 10.4 Å². The molecule has 0 aromatic carbocycles. The SMILES string of the molecule is N#CC1CCCC1NCc1cnn(CCO)c1. The van der Waals surface area contributed by atoms with Gasteiger partial charge in [-0.1, -0.05) is 6.42 Å². The minimum absolute atomic E-state index is 0.105. The molecule has 2 unspecified atom stereocenters. The highest BCUT2D eigenvalue weighted by Crippen LogP contribution is 2.24. The molecule has 0 aliphatic heterocycles. The molecule has 1 saturated carbocycles. The van der Waals surface area contributed by atoms with Gasteiger partial charge in [0.05, 0.1) is 31.3 Å². The van der Waals surface area contributed by atoms with Crippen LogP contribution in [0.15, 0.2) is 12.4 Å². The van der Waals surface area contributed by atoms with Crippen LogP contribution in [0, 0.1) is 17.2 Å². The van der Waals surface area contributed by atoms with Crippen LogP contribution in [0.4, 0.5) is 0 Å². The summed E-state index contributed by atoms with van der Waals surface area (Å²) in [5.74, 6) is 0.155. The van der Waals surface area contributed by atoms with Crippen molar-refractivity contribution in [3.05, 3.63) is 18.0 Å². The fourth-order valence-electron chi connectivity index (χ4n) is 2.33. The van der Waals surface area contributed by atoms with Crippen molar-refractivity contribution in [2.24, 2.45) is 5.92 Å². The summed E-state index contributed by atoms with van der Waals surface area (Å²) in [4.78, 5) is 0. The zero-order valence-electron chi connectivity index (χ0n) is 9.84. The average Bonchev–Trinajstić information content (AvgIpc) is 2.95. The van der Waals surface area contributed by atoms with E-state index in [1.54, 1.807) is 10.9 Å². The lowest BCUT2D eigenvalue weighted by atomic mass is 10.1. The Hall–Kier alpha value is -1.38. The van der Waals surface area contributed by atoms with Crippen molar-refractivity contribution in [1.29, 1.82) is 5.26 Å². The Kier molecular flexibility index (Phi) is 4.13. The highest BCUT2D eigenvalue weighted by molar-refractivity contribution is 5.05. The molecule has 2 rings (SSSR count). The van der Waals surface area contributed by atoms with E-state index in [1.807, 2.05) is 6.20 Å². The Labute approximate surface area is 101 Å². The third kappa shape index (κ3) is 3.05. The molecular formula is C12H18N4O.